The highest BCUT2D eigenvalue weighted by atomic mass is 19.1. The van der Waals surface area contributed by atoms with Crippen molar-refractivity contribution in [2.45, 2.75) is 25.7 Å². The number of nitrogens with two attached hydrogens (primary N) is 2. The average molecular weight is 463 g/mol. The van der Waals surface area contributed by atoms with Crippen molar-refractivity contribution in [2.75, 3.05) is 24.7 Å². The lowest BCUT2D eigenvalue weighted by Gasteiger charge is -2.10. The topological polar surface area (TPSA) is 101 Å². The van der Waals surface area contributed by atoms with E-state index in [2.05, 4.69) is 0 Å². The maximum Gasteiger partial charge on any atom is 0.193 e. The molecule has 0 amide bonds. The minimum absolute atomic E-state index is 0.158. The zero-order valence-electron chi connectivity index (χ0n) is 18.8. The highest BCUT2D eigenvalue weighted by Crippen LogP contribution is 2.26. The number of ether oxygens (including phenoxy) is 2. The first-order valence-corrected chi connectivity index (χ1v) is 11.2. The second-order valence-electron chi connectivity index (χ2n) is 8.05. The maximum absolute atomic E-state index is 13.2. The Morgan fingerprint density at radius 3 is 2.29 bits per heavy atom. The van der Waals surface area contributed by atoms with Crippen molar-refractivity contribution in [1.29, 1.82) is 0 Å². The Kier molecular flexibility index (Phi) is 7.32. The number of fused-ring (bicyclic) bond motifs is 1. The molecular weight excluding hydrogens is 435 g/mol. The predicted molar refractivity (Wildman–Crippen MR) is 133 cm³/mol. The van der Waals surface area contributed by atoms with Gasteiger partial charge in [0.1, 0.15) is 28.7 Å². The lowest BCUT2D eigenvalue weighted by Crippen LogP contribution is -2.03. The van der Waals surface area contributed by atoms with Crippen LogP contribution in [0.15, 0.2) is 75.9 Å². The van der Waals surface area contributed by atoms with Crippen LogP contribution >= 0.6 is 0 Å². The van der Waals surface area contributed by atoms with Crippen molar-refractivity contribution in [3.8, 4) is 22.8 Å². The van der Waals surface area contributed by atoms with E-state index in [-0.39, 0.29) is 11.2 Å². The molecule has 0 aliphatic heterocycles. The second kappa shape index (κ2) is 10.7. The van der Waals surface area contributed by atoms with Crippen LogP contribution in [-0.2, 0) is 0 Å². The van der Waals surface area contributed by atoms with Crippen LogP contribution in [0.25, 0.3) is 22.3 Å². The molecule has 0 atom stereocenters. The van der Waals surface area contributed by atoms with E-state index in [1.807, 2.05) is 0 Å². The number of rotatable bonds is 10. The Morgan fingerprint density at radius 2 is 1.53 bits per heavy atom. The lowest BCUT2D eigenvalue weighted by molar-refractivity contribution is 0.288. The Bertz CT molecular complexity index is 1320. The predicted octanol–water partition coefficient (Wildman–Crippen LogP) is 5.78. The summed E-state index contributed by atoms with van der Waals surface area (Å²) >= 11 is 0. The number of unbranched alkanes of at least 4 members (excludes halogenated alkanes) is 3. The standard InChI is InChI=1S/C27H27FN2O4/c28-19-7-5-18(6-8-19)25-17-24(31)22-11-10-21(16-26(22)34-25)32-13-3-1-2-4-14-33-27-15-20(29)9-12-23(27)30/h5-12,15-17H,1-4,13-14,29-30H2. The molecule has 4 aromatic rings. The zero-order chi connectivity index (χ0) is 23.9. The van der Waals surface area contributed by atoms with Gasteiger partial charge in [-0.15, -0.1) is 0 Å². The van der Waals surface area contributed by atoms with Gasteiger partial charge < -0.3 is 25.4 Å². The van der Waals surface area contributed by atoms with Gasteiger partial charge >= 0.3 is 0 Å². The third-order valence-electron chi connectivity index (χ3n) is 5.43. The van der Waals surface area contributed by atoms with Crippen LogP contribution in [0.5, 0.6) is 11.5 Å². The Morgan fingerprint density at radius 1 is 0.794 bits per heavy atom. The highest BCUT2D eigenvalue weighted by molar-refractivity contribution is 5.80. The minimum atomic E-state index is -0.346. The van der Waals surface area contributed by atoms with Gasteiger partial charge in [0.05, 0.1) is 24.3 Å². The summed E-state index contributed by atoms with van der Waals surface area (Å²) in [7, 11) is 0. The van der Waals surface area contributed by atoms with Crippen molar-refractivity contribution in [3.05, 3.63) is 82.8 Å². The molecule has 1 heterocycles. The van der Waals surface area contributed by atoms with E-state index in [1.54, 1.807) is 48.5 Å². The van der Waals surface area contributed by atoms with Crippen molar-refractivity contribution in [3.63, 3.8) is 0 Å². The van der Waals surface area contributed by atoms with Crippen LogP contribution in [0, 0.1) is 5.82 Å². The molecule has 7 heteroatoms. The third kappa shape index (κ3) is 5.86. The summed E-state index contributed by atoms with van der Waals surface area (Å²) < 4.78 is 30.6. The molecule has 3 aromatic carbocycles. The molecule has 0 saturated heterocycles. The molecule has 0 spiro atoms. The quantitative estimate of drug-likeness (QED) is 0.229. The van der Waals surface area contributed by atoms with Crippen molar-refractivity contribution >= 4 is 22.3 Å². The summed E-state index contributed by atoms with van der Waals surface area (Å²) in [5.74, 6) is 1.29. The van der Waals surface area contributed by atoms with Crippen LogP contribution in [0.1, 0.15) is 25.7 Å². The van der Waals surface area contributed by atoms with Crippen molar-refractivity contribution in [1.82, 2.24) is 0 Å². The van der Waals surface area contributed by atoms with Gasteiger partial charge in [-0.1, -0.05) is 0 Å². The number of nitrogen functional groups attached to an aromatic ring is 2. The molecule has 0 aliphatic carbocycles. The number of hydrogen-bond donors (Lipinski definition) is 2. The number of anilines is 2. The molecule has 0 fully saturated rings. The normalized spacial score (nSPS) is 11.0. The van der Waals surface area contributed by atoms with Gasteiger partial charge in [-0.25, -0.2) is 4.39 Å². The van der Waals surface area contributed by atoms with Gasteiger partial charge in [0.15, 0.2) is 5.43 Å². The number of benzene rings is 3. The molecule has 34 heavy (non-hydrogen) atoms. The Hall–Kier alpha value is -4.00. The number of hydrogen-bond acceptors (Lipinski definition) is 6. The summed E-state index contributed by atoms with van der Waals surface area (Å²) in [6.45, 7) is 1.13. The summed E-state index contributed by atoms with van der Waals surface area (Å²) in [6.07, 6.45) is 3.78. The molecule has 0 saturated carbocycles. The SMILES string of the molecule is Nc1ccc(N)c(OCCCCCCOc2ccc3c(=O)cc(-c4ccc(F)cc4)oc3c2)c1. The number of halogens is 1. The monoisotopic (exact) mass is 462 g/mol. The Labute approximate surface area is 196 Å². The average Bonchev–Trinajstić information content (AvgIpc) is 2.83. The molecule has 0 aliphatic rings. The molecule has 4 N–H and O–H groups in total. The molecule has 0 bridgehead atoms. The van der Waals surface area contributed by atoms with Crippen LogP contribution in [0.4, 0.5) is 15.8 Å². The minimum Gasteiger partial charge on any atom is -0.493 e. The van der Waals surface area contributed by atoms with Gasteiger partial charge in [0.25, 0.3) is 0 Å². The molecule has 0 unspecified atom stereocenters. The van der Waals surface area contributed by atoms with Crippen LogP contribution < -0.4 is 26.4 Å². The first-order chi connectivity index (χ1) is 16.5. The van der Waals surface area contributed by atoms with Gasteiger partial charge in [-0.2, -0.15) is 0 Å². The first kappa shape index (κ1) is 23.2. The van der Waals surface area contributed by atoms with Gasteiger partial charge in [-0.3, -0.25) is 4.79 Å². The van der Waals surface area contributed by atoms with Gasteiger partial charge in [-0.05, 0) is 74.2 Å². The third-order valence-corrected chi connectivity index (χ3v) is 5.43. The van der Waals surface area contributed by atoms with Crippen LogP contribution in [0.3, 0.4) is 0 Å². The fourth-order valence-electron chi connectivity index (χ4n) is 3.59. The molecule has 176 valence electrons. The fraction of sp³-hybridized carbons (Fsp3) is 0.222. The van der Waals surface area contributed by atoms with E-state index in [4.69, 9.17) is 25.4 Å². The molecule has 0 radical (unpaired) electrons. The van der Waals surface area contributed by atoms with Crippen molar-refractivity contribution in [2.24, 2.45) is 0 Å². The smallest absolute Gasteiger partial charge is 0.193 e. The molecule has 4 rings (SSSR count). The van der Waals surface area contributed by atoms with Crippen LogP contribution in [0.2, 0.25) is 0 Å². The molecule has 6 nitrogen and oxygen atoms in total. The van der Waals surface area contributed by atoms with E-state index in [9.17, 15) is 9.18 Å². The van der Waals surface area contributed by atoms with E-state index in [0.29, 0.717) is 58.4 Å². The summed E-state index contributed by atoms with van der Waals surface area (Å²) in [5, 5.41) is 0.471. The van der Waals surface area contributed by atoms with E-state index < -0.39 is 0 Å². The van der Waals surface area contributed by atoms with Crippen molar-refractivity contribution < 1.29 is 18.3 Å². The van der Waals surface area contributed by atoms with Gasteiger partial charge in [0, 0.05) is 29.4 Å². The summed E-state index contributed by atoms with van der Waals surface area (Å²) in [6, 6.07) is 17.6. The van der Waals surface area contributed by atoms with Crippen LogP contribution in [-0.4, -0.2) is 13.2 Å². The molecular formula is C27H27FN2O4. The molecule has 1 aromatic heterocycles. The van der Waals surface area contributed by atoms with E-state index in [0.717, 1.165) is 25.7 Å². The lowest BCUT2D eigenvalue weighted by atomic mass is 10.1. The summed E-state index contributed by atoms with van der Waals surface area (Å²) in [4.78, 5) is 12.5. The summed E-state index contributed by atoms with van der Waals surface area (Å²) in [5.41, 5.74) is 13.7. The Balaban J connectivity index is 1.25. The van der Waals surface area contributed by atoms with E-state index >= 15 is 0 Å². The fourth-order valence-corrected chi connectivity index (χ4v) is 3.59. The van der Waals surface area contributed by atoms with E-state index in [1.165, 1.54) is 18.2 Å². The second-order valence-corrected chi connectivity index (χ2v) is 8.05. The largest absolute Gasteiger partial charge is 0.493 e. The van der Waals surface area contributed by atoms with Gasteiger partial charge in [0.2, 0.25) is 0 Å². The highest BCUT2D eigenvalue weighted by Gasteiger charge is 2.09. The zero-order valence-corrected chi connectivity index (χ0v) is 18.8. The first-order valence-electron chi connectivity index (χ1n) is 11.2. The maximum atomic E-state index is 13.2.